The molecule has 0 bridgehead atoms. The molecule has 0 aromatic heterocycles. The van der Waals surface area contributed by atoms with Gasteiger partial charge in [-0.05, 0) is 25.0 Å². The van der Waals surface area contributed by atoms with Gasteiger partial charge in [-0.1, -0.05) is 18.2 Å². The maximum atomic E-state index is 11.8. The predicted octanol–water partition coefficient (Wildman–Crippen LogP) is 1.16. The number of nitrogens with one attached hydrogen (secondary N) is 2. The van der Waals surface area contributed by atoms with Crippen LogP contribution in [0.1, 0.15) is 23.2 Å². The van der Waals surface area contributed by atoms with E-state index >= 15 is 0 Å². The van der Waals surface area contributed by atoms with E-state index < -0.39 is 0 Å². The van der Waals surface area contributed by atoms with Crippen LogP contribution in [0, 0.1) is 0 Å². The minimum atomic E-state index is -0.117. The van der Waals surface area contributed by atoms with Crippen LogP contribution in [-0.2, 0) is 0 Å². The van der Waals surface area contributed by atoms with Gasteiger partial charge < -0.3 is 5.32 Å². The van der Waals surface area contributed by atoms with Gasteiger partial charge in [0.25, 0.3) is 5.91 Å². The molecule has 0 spiro atoms. The van der Waals surface area contributed by atoms with Gasteiger partial charge in [0.05, 0.1) is 0 Å². The van der Waals surface area contributed by atoms with Crippen LogP contribution in [0.2, 0.25) is 0 Å². The van der Waals surface area contributed by atoms with Gasteiger partial charge in [-0.3, -0.25) is 15.1 Å². The van der Waals surface area contributed by atoms with E-state index in [4.69, 9.17) is 0 Å². The molecule has 84 valence electrons. The smallest absolute Gasteiger partial charge is 0.257 e. The summed E-state index contributed by atoms with van der Waals surface area (Å²) in [4.78, 5) is 16.1. The molecule has 2 rings (SSSR count). The molecule has 1 aliphatic heterocycles. The number of guanidine groups is 1. The number of benzene rings is 1. The van der Waals surface area contributed by atoms with Gasteiger partial charge in [0.1, 0.15) is 0 Å². The van der Waals surface area contributed by atoms with Crippen molar-refractivity contribution in [3.05, 3.63) is 35.9 Å². The SMILES string of the molecule is O=C(NC1=NCCCCN1)c1ccccc1. The molecular weight excluding hydrogens is 202 g/mol. The molecule has 0 saturated carbocycles. The van der Waals surface area contributed by atoms with E-state index in [1.165, 1.54) is 0 Å². The summed E-state index contributed by atoms with van der Waals surface area (Å²) in [5, 5.41) is 5.88. The molecular formula is C12H15N3O. The zero-order chi connectivity index (χ0) is 11.2. The summed E-state index contributed by atoms with van der Waals surface area (Å²) in [5.74, 6) is 0.472. The largest absolute Gasteiger partial charge is 0.356 e. The summed E-state index contributed by atoms with van der Waals surface area (Å²) in [6.07, 6.45) is 2.16. The number of amides is 1. The third kappa shape index (κ3) is 2.82. The Morgan fingerprint density at radius 2 is 2.06 bits per heavy atom. The van der Waals surface area contributed by atoms with Crippen molar-refractivity contribution in [2.75, 3.05) is 13.1 Å². The van der Waals surface area contributed by atoms with Crippen molar-refractivity contribution in [1.29, 1.82) is 0 Å². The molecule has 0 atom stereocenters. The van der Waals surface area contributed by atoms with Gasteiger partial charge in [-0.15, -0.1) is 0 Å². The molecule has 1 aromatic rings. The highest BCUT2D eigenvalue weighted by Crippen LogP contribution is 1.98. The summed E-state index contributed by atoms with van der Waals surface area (Å²) in [7, 11) is 0. The van der Waals surface area contributed by atoms with Crippen molar-refractivity contribution in [1.82, 2.24) is 10.6 Å². The van der Waals surface area contributed by atoms with Crippen molar-refractivity contribution in [3.8, 4) is 0 Å². The molecule has 1 amide bonds. The third-order valence-corrected chi connectivity index (χ3v) is 2.42. The highest BCUT2D eigenvalue weighted by atomic mass is 16.1. The Kier molecular flexibility index (Phi) is 3.53. The number of carbonyl (C=O) groups excluding carboxylic acids is 1. The van der Waals surface area contributed by atoms with Crippen molar-refractivity contribution >= 4 is 11.9 Å². The van der Waals surface area contributed by atoms with E-state index in [0.717, 1.165) is 25.9 Å². The van der Waals surface area contributed by atoms with Gasteiger partial charge in [-0.25, -0.2) is 0 Å². The minimum absolute atomic E-state index is 0.117. The Morgan fingerprint density at radius 1 is 1.25 bits per heavy atom. The van der Waals surface area contributed by atoms with Crippen LogP contribution in [-0.4, -0.2) is 25.0 Å². The average molecular weight is 217 g/mol. The fourth-order valence-electron chi connectivity index (χ4n) is 1.54. The van der Waals surface area contributed by atoms with Crippen LogP contribution in [0.25, 0.3) is 0 Å². The first-order valence-corrected chi connectivity index (χ1v) is 5.51. The Labute approximate surface area is 94.8 Å². The summed E-state index contributed by atoms with van der Waals surface area (Å²) in [6, 6.07) is 9.14. The Morgan fingerprint density at radius 3 is 2.88 bits per heavy atom. The van der Waals surface area contributed by atoms with E-state index in [1.54, 1.807) is 12.1 Å². The second-order valence-corrected chi connectivity index (χ2v) is 3.68. The van der Waals surface area contributed by atoms with E-state index in [9.17, 15) is 4.79 Å². The molecule has 0 unspecified atom stereocenters. The van der Waals surface area contributed by atoms with E-state index in [0.29, 0.717) is 11.5 Å². The Bertz CT molecular complexity index is 387. The van der Waals surface area contributed by atoms with Crippen LogP contribution < -0.4 is 10.6 Å². The number of nitrogens with zero attached hydrogens (tertiary/aromatic N) is 1. The highest BCUT2D eigenvalue weighted by Gasteiger charge is 2.08. The highest BCUT2D eigenvalue weighted by molar-refractivity contribution is 6.05. The topological polar surface area (TPSA) is 53.5 Å². The van der Waals surface area contributed by atoms with Crippen molar-refractivity contribution in [3.63, 3.8) is 0 Å². The molecule has 0 radical (unpaired) electrons. The number of hydrogen-bond acceptors (Lipinski definition) is 3. The molecule has 1 aliphatic rings. The first-order chi connectivity index (χ1) is 7.86. The van der Waals surface area contributed by atoms with Gasteiger partial charge in [-0.2, -0.15) is 0 Å². The lowest BCUT2D eigenvalue weighted by atomic mass is 10.2. The van der Waals surface area contributed by atoms with E-state index in [2.05, 4.69) is 15.6 Å². The summed E-state index contributed by atoms with van der Waals surface area (Å²) in [5.41, 5.74) is 0.649. The van der Waals surface area contributed by atoms with E-state index in [1.807, 2.05) is 18.2 Å². The van der Waals surface area contributed by atoms with Crippen LogP contribution in [0.15, 0.2) is 35.3 Å². The van der Waals surface area contributed by atoms with Gasteiger partial charge in [0, 0.05) is 18.7 Å². The molecule has 16 heavy (non-hydrogen) atoms. The van der Waals surface area contributed by atoms with Crippen LogP contribution in [0.4, 0.5) is 0 Å². The lowest BCUT2D eigenvalue weighted by Gasteiger charge is -2.08. The predicted molar refractivity (Wildman–Crippen MR) is 63.4 cm³/mol. The van der Waals surface area contributed by atoms with Gasteiger partial charge in [0.15, 0.2) is 5.96 Å². The van der Waals surface area contributed by atoms with Crippen LogP contribution in [0.5, 0.6) is 0 Å². The summed E-state index contributed by atoms with van der Waals surface area (Å²) >= 11 is 0. The molecule has 0 aliphatic carbocycles. The quantitative estimate of drug-likeness (QED) is 0.741. The zero-order valence-corrected chi connectivity index (χ0v) is 9.07. The maximum Gasteiger partial charge on any atom is 0.257 e. The zero-order valence-electron chi connectivity index (χ0n) is 9.07. The first-order valence-electron chi connectivity index (χ1n) is 5.51. The summed E-state index contributed by atoms with van der Waals surface area (Å²) < 4.78 is 0. The summed E-state index contributed by atoms with van der Waals surface area (Å²) in [6.45, 7) is 1.64. The Balaban J connectivity index is 1.99. The minimum Gasteiger partial charge on any atom is -0.356 e. The van der Waals surface area contributed by atoms with Gasteiger partial charge in [0.2, 0.25) is 0 Å². The van der Waals surface area contributed by atoms with Crippen LogP contribution >= 0.6 is 0 Å². The third-order valence-electron chi connectivity index (χ3n) is 2.42. The van der Waals surface area contributed by atoms with E-state index in [-0.39, 0.29) is 5.91 Å². The molecule has 0 fully saturated rings. The fourth-order valence-corrected chi connectivity index (χ4v) is 1.54. The second kappa shape index (κ2) is 5.30. The second-order valence-electron chi connectivity index (χ2n) is 3.68. The molecule has 1 heterocycles. The Hall–Kier alpha value is -1.84. The van der Waals surface area contributed by atoms with Crippen molar-refractivity contribution in [2.24, 2.45) is 4.99 Å². The molecule has 0 saturated heterocycles. The molecule has 1 aromatic carbocycles. The standard InChI is InChI=1S/C12H15N3O/c16-11(10-6-2-1-3-7-10)15-12-13-8-4-5-9-14-12/h1-3,6-7H,4-5,8-9H2,(H2,13,14,15,16). The lowest BCUT2D eigenvalue weighted by molar-refractivity contribution is 0.0976. The van der Waals surface area contributed by atoms with Crippen LogP contribution in [0.3, 0.4) is 0 Å². The number of carbonyl (C=O) groups is 1. The monoisotopic (exact) mass is 217 g/mol. The fraction of sp³-hybridized carbons (Fsp3) is 0.333. The number of rotatable bonds is 1. The van der Waals surface area contributed by atoms with Gasteiger partial charge >= 0.3 is 0 Å². The first kappa shape index (κ1) is 10.7. The number of aliphatic imine (C=N–C) groups is 1. The average Bonchev–Trinajstić information content (AvgIpc) is 2.59. The maximum absolute atomic E-state index is 11.8. The number of hydrogen-bond donors (Lipinski definition) is 2. The molecule has 4 heteroatoms. The van der Waals surface area contributed by atoms with Crippen molar-refractivity contribution < 1.29 is 4.79 Å². The molecule has 4 nitrogen and oxygen atoms in total. The van der Waals surface area contributed by atoms with Crippen molar-refractivity contribution in [2.45, 2.75) is 12.8 Å². The normalized spacial score (nSPS) is 15.6. The molecule has 2 N–H and O–H groups in total. The lowest BCUT2D eigenvalue weighted by Crippen LogP contribution is -2.40.